The molecule has 2 rings (SSSR count). The van der Waals surface area contributed by atoms with Gasteiger partial charge in [-0.3, -0.25) is 0 Å². The van der Waals surface area contributed by atoms with Gasteiger partial charge in [0.15, 0.2) is 0 Å². The minimum Gasteiger partial charge on any atom is -0.496 e. The van der Waals surface area contributed by atoms with Crippen LogP contribution in [0.1, 0.15) is 22.3 Å². The van der Waals surface area contributed by atoms with Gasteiger partial charge < -0.3 is 9.47 Å². The van der Waals surface area contributed by atoms with E-state index in [0.29, 0.717) is 11.3 Å². The second-order valence-electron chi connectivity index (χ2n) is 5.96. The Morgan fingerprint density at radius 3 is 2.32 bits per heavy atom. The Kier molecular flexibility index (Phi) is 6.08. The van der Waals surface area contributed by atoms with Crippen molar-refractivity contribution in [1.82, 2.24) is 4.72 Å². The van der Waals surface area contributed by atoms with Crippen molar-refractivity contribution >= 4 is 10.0 Å². The number of methoxy groups -OCH3 is 1. The highest BCUT2D eigenvalue weighted by molar-refractivity contribution is 7.89. The maximum atomic E-state index is 12.5. The van der Waals surface area contributed by atoms with Crippen LogP contribution in [0.15, 0.2) is 35.2 Å². The molecule has 0 radical (unpaired) electrons. The number of aryl methyl sites for hydroxylation is 1. The van der Waals surface area contributed by atoms with Crippen LogP contribution in [0.3, 0.4) is 0 Å². The molecule has 0 aliphatic heterocycles. The molecule has 1 N–H and O–H groups in total. The van der Waals surface area contributed by atoms with Gasteiger partial charge in [-0.25, -0.2) is 13.1 Å². The highest BCUT2D eigenvalue weighted by Crippen LogP contribution is 2.26. The fourth-order valence-corrected chi connectivity index (χ4v) is 3.89. The summed E-state index contributed by atoms with van der Waals surface area (Å²) in [5.74, 6) is 1.45. The Hall–Kier alpha value is -2.05. The van der Waals surface area contributed by atoms with Crippen LogP contribution in [0.5, 0.6) is 11.5 Å². The number of benzene rings is 2. The summed E-state index contributed by atoms with van der Waals surface area (Å²) in [6.07, 6.45) is 0. The molecule has 2 aromatic carbocycles. The molecular formula is C19H25NO4S. The van der Waals surface area contributed by atoms with Crippen molar-refractivity contribution in [3.05, 3.63) is 52.6 Å². The van der Waals surface area contributed by atoms with Crippen molar-refractivity contribution in [3.63, 3.8) is 0 Å². The van der Waals surface area contributed by atoms with Crippen LogP contribution in [0.4, 0.5) is 0 Å². The molecule has 5 nitrogen and oxygen atoms in total. The lowest BCUT2D eigenvalue weighted by atomic mass is 10.1. The van der Waals surface area contributed by atoms with Gasteiger partial charge >= 0.3 is 0 Å². The molecular weight excluding hydrogens is 338 g/mol. The minimum absolute atomic E-state index is 0.195. The van der Waals surface area contributed by atoms with E-state index in [1.165, 1.54) is 0 Å². The number of nitrogens with one attached hydrogen (secondary N) is 1. The Morgan fingerprint density at radius 2 is 1.64 bits per heavy atom. The summed E-state index contributed by atoms with van der Waals surface area (Å²) in [5, 5.41) is 0. The normalized spacial score (nSPS) is 11.4. The predicted octanol–water partition coefficient (Wildman–Crippen LogP) is 3.29. The molecule has 0 fully saturated rings. The third kappa shape index (κ3) is 4.32. The second kappa shape index (κ2) is 7.89. The molecule has 0 saturated carbocycles. The van der Waals surface area contributed by atoms with Gasteiger partial charge in [0.2, 0.25) is 10.0 Å². The molecule has 2 aromatic rings. The van der Waals surface area contributed by atoms with E-state index in [9.17, 15) is 8.42 Å². The SMILES string of the molecule is COc1ccc(S(=O)(=O)NCCOc2cccc(C)c2C)c(C)c1C. The quantitative estimate of drug-likeness (QED) is 0.767. The lowest BCUT2D eigenvalue weighted by molar-refractivity contribution is 0.320. The summed E-state index contributed by atoms with van der Waals surface area (Å²) in [6.45, 7) is 8.08. The zero-order chi connectivity index (χ0) is 18.6. The molecule has 6 heteroatoms. The first kappa shape index (κ1) is 19.3. The number of sulfonamides is 1. The van der Waals surface area contributed by atoms with Crippen LogP contribution in [-0.4, -0.2) is 28.7 Å². The van der Waals surface area contributed by atoms with Gasteiger partial charge in [-0.15, -0.1) is 0 Å². The average Bonchev–Trinajstić information content (AvgIpc) is 2.57. The van der Waals surface area contributed by atoms with Crippen molar-refractivity contribution in [2.75, 3.05) is 20.3 Å². The van der Waals surface area contributed by atoms with Gasteiger partial charge in [-0.1, -0.05) is 12.1 Å². The standard InChI is InChI=1S/C19H25NO4S/c1-13-7-6-8-18(14(13)2)24-12-11-20-25(21,22)19-10-9-17(23-5)15(3)16(19)4/h6-10,20H,11-12H2,1-5H3. The van der Waals surface area contributed by atoms with E-state index >= 15 is 0 Å². The maximum Gasteiger partial charge on any atom is 0.240 e. The number of hydrogen-bond donors (Lipinski definition) is 1. The van der Waals surface area contributed by atoms with E-state index in [-0.39, 0.29) is 18.0 Å². The van der Waals surface area contributed by atoms with Gasteiger partial charge in [-0.2, -0.15) is 0 Å². The average molecular weight is 363 g/mol. The van der Waals surface area contributed by atoms with Crippen molar-refractivity contribution in [2.24, 2.45) is 0 Å². The van der Waals surface area contributed by atoms with E-state index in [0.717, 1.165) is 22.4 Å². The minimum atomic E-state index is -3.60. The lowest BCUT2D eigenvalue weighted by Crippen LogP contribution is -2.29. The van der Waals surface area contributed by atoms with E-state index in [1.54, 1.807) is 26.2 Å². The van der Waals surface area contributed by atoms with Crippen molar-refractivity contribution < 1.29 is 17.9 Å². The molecule has 0 aromatic heterocycles. The fourth-order valence-electron chi connectivity index (χ4n) is 2.58. The summed E-state index contributed by atoms with van der Waals surface area (Å²) in [5.41, 5.74) is 3.70. The summed E-state index contributed by atoms with van der Waals surface area (Å²) < 4.78 is 38.6. The predicted molar refractivity (Wildman–Crippen MR) is 99.1 cm³/mol. The van der Waals surface area contributed by atoms with Crippen LogP contribution in [0, 0.1) is 27.7 Å². The van der Waals surface area contributed by atoms with Gasteiger partial charge in [0.05, 0.1) is 12.0 Å². The van der Waals surface area contributed by atoms with Gasteiger partial charge in [-0.05, 0) is 68.1 Å². The summed E-state index contributed by atoms with van der Waals surface area (Å²) in [4.78, 5) is 0.262. The van der Waals surface area contributed by atoms with E-state index in [1.807, 2.05) is 39.0 Å². The summed E-state index contributed by atoms with van der Waals surface area (Å²) >= 11 is 0. The van der Waals surface area contributed by atoms with Crippen LogP contribution >= 0.6 is 0 Å². The molecule has 0 unspecified atom stereocenters. The Bertz CT molecular complexity index is 860. The molecule has 0 aliphatic carbocycles. The van der Waals surface area contributed by atoms with Crippen LogP contribution in [0.2, 0.25) is 0 Å². The summed E-state index contributed by atoms with van der Waals surface area (Å²) in [7, 11) is -2.03. The van der Waals surface area contributed by atoms with Crippen LogP contribution < -0.4 is 14.2 Å². The smallest absolute Gasteiger partial charge is 0.240 e. The first-order valence-electron chi connectivity index (χ1n) is 8.11. The van der Waals surface area contributed by atoms with E-state index < -0.39 is 10.0 Å². The molecule has 25 heavy (non-hydrogen) atoms. The highest BCUT2D eigenvalue weighted by Gasteiger charge is 2.19. The van der Waals surface area contributed by atoms with Crippen LogP contribution in [0.25, 0.3) is 0 Å². The molecule has 0 bridgehead atoms. The van der Waals surface area contributed by atoms with E-state index in [2.05, 4.69) is 4.72 Å². The largest absolute Gasteiger partial charge is 0.496 e. The van der Waals surface area contributed by atoms with Crippen molar-refractivity contribution in [1.29, 1.82) is 0 Å². The topological polar surface area (TPSA) is 64.6 Å². The first-order valence-corrected chi connectivity index (χ1v) is 9.59. The van der Waals surface area contributed by atoms with Gasteiger partial charge in [0.1, 0.15) is 18.1 Å². The highest BCUT2D eigenvalue weighted by atomic mass is 32.2. The Balaban J connectivity index is 2.03. The lowest BCUT2D eigenvalue weighted by Gasteiger charge is -2.14. The number of ether oxygens (including phenoxy) is 2. The Labute approximate surface area is 150 Å². The Morgan fingerprint density at radius 1 is 0.920 bits per heavy atom. The van der Waals surface area contributed by atoms with Gasteiger partial charge in [0, 0.05) is 6.54 Å². The van der Waals surface area contributed by atoms with Gasteiger partial charge in [0.25, 0.3) is 0 Å². The second-order valence-corrected chi connectivity index (χ2v) is 7.70. The molecule has 0 aliphatic rings. The van der Waals surface area contributed by atoms with Crippen molar-refractivity contribution in [3.8, 4) is 11.5 Å². The third-order valence-electron chi connectivity index (χ3n) is 4.40. The molecule has 0 saturated heterocycles. The number of hydrogen-bond acceptors (Lipinski definition) is 4. The summed E-state index contributed by atoms with van der Waals surface area (Å²) in [6, 6.07) is 9.05. The fraction of sp³-hybridized carbons (Fsp3) is 0.368. The molecule has 0 spiro atoms. The molecule has 0 amide bonds. The molecule has 0 atom stereocenters. The zero-order valence-corrected chi connectivity index (χ0v) is 16.2. The van der Waals surface area contributed by atoms with Crippen molar-refractivity contribution in [2.45, 2.75) is 32.6 Å². The molecule has 136 valence electrons. The zero-order valence-electron chi connectivity index (χ0n) is 15.3. The molecule has 0 heterocycles. The van der Waals surface area contributed by atoms with E-state index in [4.69, 9.17) is 9.47 Å². The number of rotatable bonds is 7. The third-order valence-corrected chi connectivity index (χ3v) is 6.01. The maximum absolute atomic E-state index is 12.5. The van der Waals surface area contributed by atoms with Crippen LogP contribution in [-0.2, 0) is 10.0 Å². The monoisotopic (exact) mass is 363 g/mol. The first-order chi connectivity index (χ1) is 11.8.